The fourth-order valence-electron chi connectivity index (χ4n) is 5.41. The van der Waals surface area contributed by atoms with E-state index in [0.717, 1.165) is 11.1 Å². The van der Waals surface area contributed by atoms with Crippen LogP contribution in [0.25, 0.3) is 11.1 Å². The molecule has 3 N–H and O–H groups in total. The number of hydrogen-bond donors (Lipinski definition) is 3. The Kier molecular flexibility index (Phi) is 6.47. The van der Waals surface area contributed by atoms with Gasteiger partial charge in [0.05, 0.1) is 12.0 Å². The molecule has 1 saturated heterocycles. The number of nitrogens with one attached hydrogen (secondary N) is 2. The number of aliphatic carboxylic acids is 1. The number of ether oxygens (including phenoxy) is 2. The van der Waals surface area contributed by atoms with Gasteiger partial charge in [-0.25, -0.2) is 4.79 Å². The minimum absolute atomic E-state index is 0.00232. The maximum absolute atomic E-state index is 12.8. The van der Waals surface area contributed by atoms with E-state index in [4.69, 9.17) is 9.47 Å². The molecule has 0 radical (unpaired) electrons. The second-order valence-corrected chi connectivity index (χ2v) is 9.76. The molecule has 1 heterocycles. The predicted molar refractivity (Wildman–Crippen MR) is 128 cm³/mol. The molecular weight excluding hydrogens is 448 g/mol. The largest absolute Gasteiger partial charge is 0.481 e. The number of carbonyl (C=O) groups is 3. The van der Waals surface area contributed by atoms with Gasteiger partial charge >= 0.3 is 12.1 Å². The lowest BCUT2D eigenvalue weighted by molar-refractivity contribution is -0.140. The predicted octanol–water partition coefficient (Wildman–Crippen LogP) is 3.30. The Morgan fingerprint density at radius 1 is 1.00 bits per heavy atom. The first-order chi connectivity index (χ1) is 17.0. The van der Waals surface area contributed by atoms with Crippen LogP contribution in [0.1, 0.15) is 42.7 Å². The third-order valence-electron chi connectivity index (χ3n) is 7.44. The summed E-state index contributed by atoms with van der Waals surface area (Å²) in [5.41, 5.74) is 3.91. The van der Waals surface area contributed by atoms with Crippen molar-refractivity contribution < 1.29 is 29.0 Å². The molecule has 0 spiro atoms. The Labute approximate surface area is 204 Å². The number of benzene rings is 2. The van der Waals surface area contributed by atoms with Crippen LogP contribution >= 0.6 is 0 Å². The molecule has 8 heteroatoms. The third-order valence-corrected chi connectivity index (χ3v) is 7.44. The average Bonchev–Trinajstić information content (AvgIpc) is 3.57. The van der Waals surface area contributed by atoms with E-state index in [1.54, 1.807) is 0 Å². The van der Waals surface area contributed by atoms with Crippen molar-refractivity contribution in [1.29, 1.82) is 0 Å². The summed E-state index contributed by atoms with van der Waals surface area (Å²) in [6.45, 7) is 1.47. The van der Waals surface area contributed by atoms with Crippen LogP contribution in [0.2, 0.25) is 0 Å². The smallest absolute Gasteiger partial charge is 0.407 e. The highest BCUT2D eigenvalue weighted by Gasteiger charge is 2.46. The number of fused-ring (bicyclic) bond motifs is 3. The van der Waals surface area contributed by atoms with Crippen LogP contribution in [0.3, 0.4) is 0 Å². The summed E-state index contributed by atoms with van der Waals surface area (Å²) >= 11 is 0. The number of hydrogen-bond acceptors (Lipinski definition) is 5. The Balaban J connectivity index is 1.10. The lowest BCUT2D eigenvalue weighted by atomic mass is 9.86. The van der Waals surface area contributed by atoms with Gasteiger partial charge in [-0.15, -0.1) is 0 Å². The minimum Gasteiger partial charge on any atom is -0.481 e. The molecule has 2 aliphatic carbocycles. The normalized spacial score (nSPS) is 21.9. The van der Waals surface area contributed by atoms with Crippen molar-refractivity contribution in [2.24, 2.45) is 11.8 Å². The zero-order valence-electron chi connectivity index (χ0n) is 19.5. The molecular formula is C27H30N2O6. The monoisotopic (exact) mass is 478 g/mol. The molecule has 35 heavy (non-hydrogen) atoms. The number of carboxylic acid groups (broad SMARTS) is 1. The molecule has 0 aromatic heterocycles. The molecule has 2 amide bonds. The minimum atomic E-state index is -0.934. The van der Waals surface area contributed by atoms with E-state index < -0.39 is 17.6 Å². The maximum Gasteiger partial charge on any atom is 0.407 e. The summed E-state index contributed by atoms with van der Waals surface area (Å²) in [6.07, 6.45) is 1.03. The van der Waals surface area contributed by atoms with Gasteiger partial charge in [0.1, 0.15) is 6.61 Å². The summed E-state index contributed by atoms with van der Waals surface area (Å²) in [7, 11) is 0. The van der Waals surface area contributed by atoms with Crippen molar-refractivity contribution in [2.75, 3.05) is 26.4 Å². The summed E-state index contributed by atoms with van der Waals surface area (Å²) < 4.78 is 10.9. The van der Waals surface area contributed by atoms with Crippen molar-refractivity contribution >= 4 is 18.0 Å². The second-order valence-electron chi connectivity index (χ2n) is 9.76. The summed E-state index contributed by atoms with van der Waals surface area (Å²) in [5.74, 6) is -1.28. The lowest BCUT2D eigenvalue weighted by Gasteiger charge is -2.37. The van der Waals surface area contributed by atoms with E-state index in [-0.39, 0.29) is 36.7 Å². The summed E-state index contributed by atoms with van der Waals surface area (Å²) in [6, 6.07) is 16.3. The van der Waals surface area contributed by atoms with E-state index in [1.165, 1.54) is 11.1 Å². The molecule has 5 rings (SSSR count). The van der Waals surface area contributed by atoms with Gasteiger partial charge in [0, 0.05) is 31.6 Å². The zero-order chi connectivity index (χ0) is 24.4. The molecule has 184 valence electrons. The van der Waals surface area contributed by atoms with Crippen molar-refractivity contribution in [1.82, 2.24) is 10.6 Å². The molecule has 3 aliphatic rings. The van der Waals surface area contributed by atoms with Crippen LogP contribution in [-0.4, -0.2) is 55.0 Å². The summed E-state index contributed by atoms with van der Waals surface area (Å²) in [5, 5.41) is 15.1. The SMILES string of the molecule is O=C(O)CC1(NC(=O)[C@@H]2C[C@@H]2CNC(=O)OCC2c3ccccc3-c3ccccc32)CCOCC1. The Bertz CT molecular complexity index is 1080. The van der Waals surface area contributed by atoms with E-state index in [9.17, 15) is 19.5 Å². The first kappa shape index (κ1) is 23.4. The Morgan fingerprint density at radius 2 is 1.63 bits per heavy atom. The van der Waals surface area contributed by atoms with Gasteiger partial charge in [-0.3, -0.25) is 9.59 Å². The second kappa shape index (κ2) is 9.70. The van der Waals surface area contributed by atoms with Crippen molar-refractivity contribution in [3.05, 3.63) is 59.7 Å². The van der Waals surface area contributed by atoms with E-state index in [2.05, 4.69) is 34.9 Å². The molecule has 0 unspecified atom stereocenters. The molecule has 2 aromatic rings. The highest BCUT2D eigenvalue weighted by Crippen LogP contribution is 2.44. The van der Waals surface area contributed by atoms with Crippen molar-refractivity contribution in [3.63, 3.8) is 0 Å². The van der Waals surface area contributed by atoms with Crippen LogP contribution in [0.5, 0.6) is 0 Å². The highest BCUT2D eigenvalue weighted by molar-refractivity contribution is 5.83. The van der Waals surface area contributed by atoms with Gasteiger partial charge in [0.2, 0.25) is 5.91 Å². The quantitative estimate of drug-likeness (QED) is 0.537. The number of carboxylic acids is 1. The molecule has 1 aliphatic heterocycles. The number of carbonyl (C=O) groups excluding carboxylic acids is 2. The van der Waals surface area contributed by atoms with Gasteiger partial charge in [-0.1, -0.05) is 48.5 Å². The van der Waals surface area contributed by atoms with E-state index in [0.29, 0.717) is 39.0 Å². The first-order valence-electron chi connectivity index (χ1n) is 12.2. The number of rotatable bonds is 8. The fourth-order valence-corrected chi connectivity index (χ4v) is 5.41. The van der Waals surface area contributed by atoms with E-state index >= 15 is 0 Å². The average molecular weight is 479 g/mol. The maximum atomic E-state index is 12.8. The van der Waals surface area contributed by atoms with Gasteiger partial charge < -0.3 is 25.2 Å². The molecule has 2 atom stereocenters. The van der Waals surface area contributed by atoms with Crippen LogP contribution < -0.4 is 10.6 Å². The van der Waals surface area contributed by atoms with Gasteiger partial charge in [-0.2, -0.15) is 0 Å². The number of amides is 2. The van der Waals surface area contributed by atoms with Crippen molar-refractivity contribution in [3.8, 4) is 11.1 Å². The van der Waals surface area contributed by atoms with Crippen LogP contribution in [0.4, 0.5) is 4.79 Å². The van der Waals surface area contributed by atoms with Crippen LogP contribution in [0.15, 0.2) is 48.5 Å². The topological polar surface area (TPSA) is 114 Å². The molecule has 2 aromatic carbocycles. The molecule has 8 nitrogen and oxygen atoms in total. The van der Waals surface area contributed by atoms with Crippen LogP contribution in [0, 0.1) is 11.8 Å². The third kappa shape index (κ3) is 5.03. The zero-order valence-corrected chi connectivity index (χ0v) is 19.5. The Hall–Kier alpha value is -3.39. The van der Waals surface area contributed by atoms with Gasteiger partial charge in [0.15, 0.2) is 0 Å². The van der Waals surface area contributed by atoms with Crippen molar-refractivity contribution in [2.45, 2.75) is 37.1 Å². The lowest BCUT2D eigenvalue weighted by Crippen LogP contribution is -2.53. The number of alkyl carbamates (subject to hydrolysis) is 1. The Morgan fingerprint density at radius 3 is 2.26 bits per heavy atom. The molecule has 0 bridgehead atoms. The molecule has 2 fully saturated rings. The first-order valence-corrected chi connectivity index (χ1v) is 12.2. The van der Waals surface area contributed by atoms with Gasteiger partial charge in [-0.05, 0) is 47.4 Å². The molecule has 1 saturated carbocycles. The van der Waals surface area contributed by atoms with Crippen LogP contribution in [-0.2, 0) is 19.1 Å². The summed E-state index contributed by atoms with van der Waals surface area (Å²) in [4.78, 5) is 36.5. The highest BCUT2D eigenvalue weighted by atomic mass is 16.5. The van der Waals surface area contributed by atoms with E-state index in [1.807, 2.05) is 24.3 Å². The standard InChI is InChI=1S/C27H30N2O6/c30-24(31)14-27(9-11-34-12-10-27)29-25(32)22-13-17(22)15-28-26(33)35-16-23-20-7-3-1-5-18(20)19-6-2-4-8-21(19)23/h1-8,17,22-23H,9-16H2,(H,28,33)(H,29,32)(H,30,31)/t17-,22-/m1/s1. The fraction of sp³-hybridized carbons (Fsp3) is 0.444. The van der Waals surface area contributed by atoms with Gasteiger partial charge in [0.25, 0.3) is 0 Å².